The topological polar surface area (TPSA) is 94.2 Å². The zero-order valence-electron chi connectivity index (χ0n) is 26.3. The summed E-state index contributed by atoms with van der Waals surface area (Å²) in [6, 6.07) is 16.2. The number of pyridine rings is 1. The lowest BCUT2D eigenvalue weighted by atomic mass is 9.79. The molecule has 47 heavy (non-hydrogen) atoms. The summed E-state index contributed by atoms with van der Waals surface area (Å²) in [5, 5.41) is 6.68. The van der Waals surface area contributed by atoms with Crippen LogP contribution in [0.3, 0.4) is 0 Å². The minimum absolute atomic E-state index is 0.00806. The summed E-state index contributed by atoms with van der Waals surface area (Å²) in [6.07, 6.45) is 5.23. The van der Waals surface area contributed by atoms with Crippen LogP contribution >= 0.6 is 0 Å². The fourth-order valence-electron chi connectivity index (χ4n) is 6.29. The number of benzene rings is 3. The van der Waals surface area contributed by atoms with Crippen LogP contribution < -0.4 is 24.8 Å². The zero-order chi connectivity index (χ0) is 32.4. The van der Waals surface area contributed by atoms with Gasteiger partial charge in [-0.05, 0) is 80.1 Å². The first-order valence-corrected chi connectivity index (χ1v) is 16.1. The van der Waals surface area contributed by atoms with Gasteiger partial charge in [-0.1, -0.05) is 0 Å². The predicted octanol–water partition coefficient (Wildman–Crippen LogP) is 6.63. The number of hydrogen-bond acceptors (Lipinski definition) is 8. The molecule has 3 fully saturated rings. The number of morpholine rings is 1. The highest BCUT2D eigenvalue weighted by molar-refractivity contribution is 5.97. The minimum atomic E-state index is -0.621. The molecule has 9 nitrogen and oxygen atoms in total. The second-order valence-corrected chi connectivity index (χ2v) is 12.6. The largest absolute Gasteiger partial charge is 0.493 e. The third-order valence-corrected chi connectivity index (χ3v) is 9.45. The number of halogens is 2. The maximum Gasteiger partial charge on any atom is 0.232 e. The van der Waals surface area contributed by atoms with E-state index in [1.165, 1.54) is 24.3 Å². The van der Waals surface area contributed by atoms with E-state index in [1.54, 1.807) is 43.6 Å². The number of carbonyl (C=O) groups excluding carboxylic acids is 1. The molecule has 2 aliphatic carbocycles. The molecule has 2 saturated carbocycles. The number of fused-ring (bicyclic) bond motifs is 1. The zero-order valence-corrected chi connectivity index (χ0v) is 26.3. The number of nitrogens with one attached hydrogen (secondary N) is 2. The van der Waals surface area contributed by atoms with Crippen LogP contribution in [-0.4, -0.2) is 68.4 Å². The highest BCUT2D eigenvalue weighted by atomic mass is 19.1. The summed E-state index contributed by atoms with van der Waals surface area (Å²) in [5.74, 6) is 0.907. The first kappa shape index (κ1) is 31.1. The molecule has 0 bridgehead atoms. The second kappa shape index (κ2) is 13.3. The van der Waals surface area contributed by atoms with Gasteiger partial charge in [-0.2, -0.15) is 0 Å². The van der Waals surface area contributed by atoms with Crippen LogP contribution in [-0.2, 0) is 9.53 Å². The number of ether oxygens (including phenoxy) is 4. The van der Waals surface area contributed by atoms with E-state index in [4.69, 9.17) is 18.9 Å². The molecule has 2 heterocycles. The Bertz CT molecular complexity index is 1740. The number of rotatable bonds is 12. The van der Waals surface area contributed by atoms with E-state index in [-0.39, 0.29) is 17.5 Å². The van der Waals surface area contributed by atoms with Gasteiger partial charge in [0.25, 0.3) is 0 Å². The predicted molar refractivity (Wildman–Crippen MR) is 174 cm³/mol. The van der Waals surface area contributed by atoms with Crippen molar-refractivity contribution in [3.05, 3.63) is 78.5 Å². The molecule has 3 aromatic carbocycles. The Morgan fingerprint density at radius 1 is 0.957 bits per heavy atom. The van der Waals surface area contributed by atoms with Gasteiger partial charge < -0.3 is 29.6 Å². The Morgan fingerprint density at radius 2 is 1.72 bits per heavy atom. The number of amides is 1. The quantitative estimate of drug-likeness (QED) is 0.178. The Labute approximate surface area is 272 Å². The molecule has 246 valence electrons. The monoisotopic (exact) mass is 644 g/mol. The molecule has 1 amide bonds. The molecular weight excluding hydrogens is 606 g/mol. The van der Waals surface area contributed by atoms with Crippen molar-refractivity contribution in [2.45, 2.75) is 31.7 Å². The van der Waals surface area contributed by atoms with Gasteiger partial charge in [-0.3, -0.25) is 14.7 Å². The summed E-state index contributed by atoms with van der Waals surface area (Å²) >= 11 is 0. The van der Waals surface area contributed by atoms with Gasteiger partial charge in [0.15, 0.2) is 23.1 Å². The van der Waals surface area contributed by atoms with Gasteiger partial charge >= 0.3 is 0 Å². The van der Waals surface area contributed by atoms with E-state index in [9.17, 15) is 9.18 Å². The average Bonchev–Trinajstić information content (AvgIpc) is 3.86. The molecule has 0 spiro atoms. The molecule has 11 heteroatoms. The van der Waals surface area contributed by atoms with Crippen molar-refractivity contribution in [1.82, 2.24) is 9.88 Å². The van der Waals surface area contributed by atoms with Crippen molar-refractivity contribution in [3.63, 3.8) is 0 Å². The van der Waals surface area contributed by atoms with Gasteiger partial charge in [-0.25, -0.2) is 8.78 Å². The van der Waals surface area contributed by atoms with E-state index in [0.717, 1.165) is 44.8 Å². The summed E-state index contributed by atoms with van der Waals surface area (Å²) in [4.78, 5) is 20.1. The first-order chi connectivity index (χ1) is 22.9. The van der Waals surface area contributed by atoms with E-state index in [1.807, 2.05) is 6.07 Å². The van der Waals surface area contributed by atoms with Crippen LogP contribution in [0.1, 0.15) is 25.7 Å². The fourth-order valence-corrected chi connectivity index (χ4v) is 6.29. The van der Waals surface area contributed by atoms with Crippen LogP contribution in [0.25, 0.3) is 10.9 Å². The van der Waals surface area contributed by atoms with Gasteiger partial charge in [0, 0.05) is 60.8 Å². The first-order valence-electron chi connectivity index (χ1n) is 16.1. The summed E-state index contributed by atoms with van der Waals surface area (Å²) in [5.41, 5.74) is 1.10. The van der Waals surface area contributed by atoms with Gasteiger partial charge in [-0.15, -0.1) is 0 Å². The van der Waals surface area contributed by atoms with Gasteiger partial charge in [0.1, 0.15) is 11.6 Å². The fraction of sp³-hybridized carbons (Fsp3) is 0.389. The van der Waals surface area contributed by atoms with Gasteiger partial charge in [0.05, 0.1) is 37.9 Å². The molecular formula is C36H38F2N4O5. The van der Waals surface area contributed by atoms with Crippen molar-refractivity contribution >= 4 is 28.2 Å². The van der Waals surface area contributed by atoms with Crippen molar-refractivity contribution in [2.24, 2.45) is 11.3 Å². The van der Waals surface area contributed by atoms with Crippen molar-refractivity contribution in [1.29, 1.82) is 0 Å². The maximum absolute atomic E-state index is 15.3. The molecule has 4 aromatic rings. The SMILES string of the molecule is COc1cc2c(Oc3ccc(NC(=O)C4(CNc5ccc(F)cc5)CC4)cc3F)ccnc2cc1OCC1CC(N2CCOCC2)C1. The normalized spacial score (nSPS) is 20.2. The Balaban J connectivity index is 0.977. The van der Waals surface area contributed by atoms with E-state index in [2.05, 4.69) is 20.5 Å². The number of hydrogen-bond donors (Lipinski definition) is 2. The van der Waals surface area contributed by atoms with Crippen LogP contribution in [0.4, 0.5) is 20.2 Å². The number of methoxy groups -OCH3 is 1. The van der Waals surface area contributed by atoms with Gasteiger partial charge in [0.2, 0.25) is 5.91 Å². The lowest BCUT2D eigenvalue weighted by molar-refractivity contribution is -0.120. The lowest BCUT2D eigenvalue weighted by Gasteiger charge is -2.44. The third-order valence-electron chi connectivity index (χ3n) is 9.45. The van der Waals surface area contributed by atoms with Crippen LogP contribution in [0.2, 0.25) is 0 Å². The molecule has 1 saturated heterocycles. The second-order valence-electron chi connectivity index (χ2n) is 12.6. The number of carbonyl (C=O) groups is 1. The maximum atomic E-state index is 15.3. The number of anilines is 2. The number of aromatic nitrogens is 1. The molecule has 0 radical (unpaired) electrons. The van der Waals surface area contributed by atoms with E-state index >= 15 is 4.39 Å². The van der Waals surface area contributed by atoms with E-state index < -0.39 is 11.2 Å². The highest BCUT2D eigenvalue weighted by Gasteiger charge is 2.49. The molecule has 0 unspecified atom stereocenters. The van der Waals surface area contributed by atoms with Crippen LogP contribution in [0.5, 0.6) is 23.0 Å². The third kappa shape index (κ3) is 6.96. The standard InChI is InChI=1S/C36H38F2N4O5/c1-44-33-19-28-30(20-34(33)46-21-23-16-27(17-23)42-12-14-45-15-13-42)39-11-8-31(28)47-32-7-6-26(18-29(32)38)41-35(43)36(9-10-36)22-40-25-4-2-24(37)3-5-25/h2-8,11,18-20,23,27,40H,9-10,12-17,21-22H2,1H3,(H,41,43). The molecule has 1 aliphatic heterocycles. The smallest absolute Gasteiger partial charge is 0.232 e. The molecule has 2 N–H and O–H groups in total. The molecule has 3 aliphatic rings. The Kier molecular flexibility index (Phi) is 8.83. The van der Waals surface area contributed by atoms with E-state index in [0.29, 0.717) is 71.8 Å². The summed E-state index contributed by atoms with van der Waals surface area (Å²) in [7, 11) is 1.58. The molecule has 7 rings (SSSR count). The van der Waals surface area contributed by atoms with Crippen LogP contribution in [0.15, 0.2) is 66.9 Å². The minimum Gasteiger partial charge on any atom is -0.493 e. The van der Waals surface area contributed by atoms with Crippen molar-refractivity contribution in [2.75, 3.05) is 57.2 Å². The summed E-state index contributed by atoms with van der Waals surface area (Å²) < 4.78 is 51.8. The highest BCUT2D eigenvalue weighted by Crippen LogP contribution is 2.47. The number of nitrogens with zero attached hydrogens (tertiary/aromatic N) is 2. The lowest BCUT2D eigenvalue weighted by Crippen LogP contribution is -2.50. The molecule has 0 atom stereocenters. The van der Waals surface area contributed by atoms with Crippen molar-refractivity contribution < 1.29 is 32.5 Å². The van der Waals surface area contributed by atoms with Crippen LogP contribution in [0, 0.1) is 23.0 Å². The Hall–Kier alpha value is -4.48. The molecule has 1 aromatic heterocycles. The Morgan fingerprint density at radius 3 is 2.45 bits per heavy atom. The van der Waals surface area contributed by atoms with Crippen molar-refractivity contribution in [3.8, 4) is 23.0 Å². The average molecular weight is 645 g/mol. The summed E-state index contributed by atoms with van der Waals surface area (Å²) in [6.45, 7) is 4.60.